The van der Waals surface area contributed by atoms with Gasteiger partial charge in [0.15, 0.2) is 0 Å². The van der Waals surface area contributed by atoms with Crippen LogP contribution in [0.1, 0.15) is 30.6 Å². The predicted molar refractivity (Wildman–Crippen MR) is 52.0 cm³/mol. The lowest BCUT2D eigenvalue weighted by Gasteiger charge is -2.26. The maximum Gasteiger partial charge on any atom is 0.255 e. The topological polar surface area (TPSA) is 62.5 Å². The van der Waals surface area contributed by atoms with Gasteiger partial charge in [-0.25, -0.2) is 0 Å². The minimum absolute atomic E-state index is 0.0763. The molecule has 0 spiro atoms. The van der Waals surface area contributed by atoms with Crippen molar-refractivity contribution < 1.29 is 14.3 Å². The van der Waals surface area contributed by atoms with Crippen molar-refractivity contribution in [1.29, 1.82) is 0 Å². The fourth-order valence-corrected chi connectivity index (χ4v) is 0.980. The number of hydrogen-bond donors (Lipinski definition) is 2. The van der Waals surface area contributed by atoms with Crippen molar-refractivity contribution in [3.63, 3.8) is 0 Å². The highest BCUT2D eigenvalue weighted by molar-refractivity contribution is 5.94. The Morgan fingerprint density at radius 3 is 2.86 bits per heavy atom. The summed E-state index contributed by atoms with van der Waals surface area (Å²) in [4.78, 5) is 11.6. The van der Waals surface area contributed by atoms with E-state index in [9.17, 15) is 4.79 Å². The lowest BCUT2D eigenvalue weighted by Crippen LogP contribution is -2.48. The molecule has 0 saturated carbocycles. The zero-order valence-electron chi connectivity index (χ0n) is 8.41. The van der Waals surface area contributed by atoms with Gasteiger partial charge in [0.05, 0.1) is 24.0 Å². The minimum atomic E-state index is -0.561. The minimum Gasteiger partial charge on any atom is -0.472 e. The molecule has 0 aliphatic carbocycles. The van der Waals surface area contributed by atoms with Gasteiger partial charge in [-0.3, -0.25) is 4.79 Å². The number of carbonyl (C=O) groups is 1. The molecule has 2 N–H and O–H groups in total. The van der Waals surface area contributed by atoms with Crippen molar-refractivity contribution in [2.45, 2.75) is 25.8 Å². The van der Waals surface area contributed by atoms with Crippen LogP contribution >= 0.6 is 0 Å². The Labute approximate surface area is 82.9 Å². The fraction of sp³-hybridized carbons (Fsp3) is 0.500. The van der Waals surface area contributed by atoms with Crippen molar-refractivity contribution in [2.24, 2.45) is 0 Å². The van der Waals surface area contributed by atoms with Gasteiger partial charge in [-0.05, 0) is 19.4 Å². The van der Waals surface area contributed by atoms with Crippen LogP contribution in [0, 0.1) is 0 Å². The molecule has 14 heavy (non-hydrogen) atoms. The number of amides is 1. The average molecular weight is 197 g/mol. The Hall–Kier alpha value is -1.29. The molecule has 4 nitrogen and oxygen atoms in total. The van der Waals surface area contributed by atoms with Crippen LogP contribution in [0.25, 0.3) is 0 Å². The molecule has 4 heteroatoms. The number of carbonyl (C=O) groups excluding carboxylic acids is 1. The summed E-state index contributed by atoms with van der Waals surface area (Å²) >= 11 is 0. The molecule has 1 aromatic rings. The number of hydrogen-bond acceptors (Lipinski definition) is 3. The van der Waals surface area contributed by atoms with Crippen molar-refractivity contribution in [2.75, 3.05) is 6.61 Å². The van der Waals surface area contributed by atoms with E-state index in [1.807, 2.05) is 6.92 Å². The van der Waals surface area contributed by atoms with Crippen LogP contribution in [0.5, 0.6) is 0 Å². The number of furan rings is 1. The molecule has 0 saturated heterocycles. The van der Waals surface area contributed by atoms with E-state index in [0.29, 0.717) is 12.0 Å². The summed E-state index contributed by atoms with van der Waals surface area (Å²) in [6.07, 6.45) is 3.49. The van der Waals surface area contributed by atoms with Gasteiger partial charge < -0.3 is 14.8 Å². The molecule has 78 valence electrons. The van der Waals surface area contributed by atoms with Crippen molar-refractivity contribution >= 4 is 5.91 Å². The Kier molecular flexibility index (Phi) is 3.30. The molecule has 1 heterocycles. The SMILES string of the molecule is CCC(C)(CO)NC(=O)c1ccoc1. The standard InChI is InChI=1S/C10H15NO3/c1-3-10(2,7-12)11-9(13)8-4-5-14-6-8/h4-6,12H,3,7H2,1-2H3,(H,11,13). The normalized spacial score (nSPS) is 14.8. The van der Waals surface area contributed by atoms with Crippen LogP contribution in [0.2, 0.25) is 0 Å². The van der Waals surface area contributed by atoms with Crippen molar-refractivity contribution in [1.82, 2.24) is 5.32 Å². The molecule has 1 unspecified atom stereocenters. The van der Waals surface area contributed by atoms with Gasteiger partial charge >= 0.3 is 0 Å². The highest BCUT2D eigenvalue weighted by Crippen LogP contribution is 2.09. The fourth-order valence-electron chi connectivity index (χ4n) is 0.980. The largest absolute Gasteiger partial charge is 0.472 e. The van der Waals surface area contributed by atoms with Gasteiger partial charge in [0.25, 0.3) is 5.91 Å². The summed E-state index contributed by atoms with van der Waals surface area (Å²) in [7, 11) is 0. The van der Waals surface area contributed by atoms with Gasteiger partial charge in [-0.1, -0.05) is 6.92 Å². The average Bonchev–Trinajstić information content (AvgIpc) is 2.70. The van der Waals surface area contributed by atoms with Gasteiger partial charge in [-0.2, -0.15) is 0 Å². The molecular weight excluding hydrogens is 182 g/mol. The summed E-state index contributed by atoms with van der Waals surface area (Å²) in [5.41, 5.74) is -0.0907. The first kappa shape index (κ1) is 10.8. The third kappa shape index (κ3) is 2.35. The van der Waals surface area contributed by atoms with Crippen LogP contribution in [0.15, 0.2) is 23.0 Å². The second-order valence-corrected chi connectivity index (χ2v) is 3.54. The van der Waals surface area contributed by atoms with E-state index in [4.69, 9.17) is 9.52 Å². The Bertz CT molecular complexity index is 288. The van der Waals surface area contributed by atoms with E-state index >= 15 is 0 Å². The smallest absolute Gasteiger partial charge is 0.255 e. The third-order valence-electron chi connectivity index (χ3n) is 2.33. The quantitative estimate of drug-likeness (QED) is 0.761. The second-order valence-electron chi connectivity index (χ2n) is 3.54. The van der Waals surface area contributed by atoms with Crippen LogP contribution in [0.4, 0.5) is 0 Å². The highest BCUT2D eigenvalue weighted by atomic mass is 16.3. The van der Waals surface area contributed by atoms with Gasteiger partial charge in [0, 0.05) is 0 Å². The molecule has 0 aromatic carbocycles. The van der Waals surface area contributed by atoms with E-state index in [-0.39, 0.29) is 12.5 Å². The zero-order valence-corrected chi connectivity index (χ0v) is 8.41. The lowest BCUT2D eigenvalue weighted by molar-refractivity contribution is 0.0847. The third-order valence-corrected chi connectivity index (χ3v) is 2.33. The Morgan fingerprint density at radius 1 is 1.71 bits per heavy atom. The Balaban J connectivity index is 2.65. The van der Waals surface area contributed by atoms with Crippen LogP contribution in [0.3, 0.4) is 0 Å². The Morgan fingerprint density at radius 2 is 2.43 bits per heavy atom. The predicted octanol–water partition coefficient (Wildman–Crippen LogP) is 1.17. The summed E-state index contributed by atoms with van der Waals surface area (Å²) in [6.45, 7) is 3.63. The first-order valence-corrected chi connectivity index (χ1v) is 4.57. The first-order chi connectivity index (χ1) is 6.61. The van der Waals surface area contributed by atoms with E-state index in [0.717, 1.165) is 0 Å². The molecule has 1 atom stereocenters. The highest BCUT2D eigenvalue weighted by Gasteiger charge is 2.23. The maximum absolute atomic E-state index is 11.6. The summed E-state index contributed by atoms with van der Waals surface area (Å²) in [5.74, 6) is -0.225. The number of nitrogens with one attached hydrogen (secondary N) is 1. The molecule has 0 radical (unpaired) electrons. The van der Waals surface area contributed by atoms with Gasteiger partial charge in [-0.15, -0.1) is 0 Å². The maximum atomic E-state index is 11.6. The van der Waals surface area contributed by atoms with Gasteiger partial charge in [0.1, 0.15) is 6.26 Å². The van der Waals surface area contributed by atoms with Crippen LogP contribution in [-0.4, -0.2) is 23.2 Å². The van der Waals surface area contributed by atoms with E-state index < -0.39 is 5.54 Å². The first-order valence-electron chi connectivity index (χ1n) is 4.57. The molecule has 1 aromatic heterocycles. The number of rotatable bonds is 4. The molecule has 0 aliphatic heterocycles. The molecule has 0 aliphatic rings. The van der Waals surface area contributed by atoms with Crippen LogP contribution in [-0.2, 0) is 0 Å². The monoisotopic (exact) mass is 197 g/mol. The van der Waals surface area contributed by atoms with Crippen LogP contribution < -0.4 is 5.32 Å². The summed E-state index contributed by atoms with van der Waals surface area (Å²) in [6, 6.07) is 1.59. The molecular formula is C10H15NO3. The zero-order chi connectivity index (χ0) is 10.6. The molecule has 0 bridgehead atoms. The summed E-state index contributed by atoms with van der Waals surface area (Å²) in [5, 5.41) is 11.8. The summed E-state index contributed by atoms with van der Waals surface area (Å²) < 4.78 is 4.79. The van der Waals surface area contributed by atoms with E-state index in [1.165, 1.54) is 12.5 Å². The number of aliphatic hydroxyl groups excluding tert-OH is 1. The van der Waals surface area contributed by atoms with Crippen molar-refractivity contribution in [3.8, 4) is 0 Å². The molecule has 1 amide bonds. The second kappa shape index (κ2) is 4.28. The molecule has 1 rings (SSSR count). The molecule has 0 fully saturated rings. The van der Waals surface area contributed by atoms with E-state index in [2.05, 4.69) is 5.32 Å². The lowest BCUT2D eigenvalue weighted by atomic mass is 10.00. The van der Waals surface area contributed by atoms with Gasteiger partial charge in [0.2, 0.25) is 0 Å². The number of aliphatic hydroxyl groups is 1. The van der Waals surface area contributed by atoms with E-state index in [1.54, 1.807) is 13.0 Å². The van der Waals surface area contributed by atoms with Crippen molar-refractivity contribution in [3.05, 3.63) is 24.2 Å².